The van der Waals surface area contributed by atoms with Crippen LogP contribution in [-0.2, 0) is 21.1 Å². The van der Waals surface area contributed by atoms with Crippen LogP contribution in [0.2, 0.25) is 0 Å². The lowest BCUT2D eigenvalue weighted by molar-refractivity contribution is -0.136. The van der Waals surface area contributed by atoms with Gasteiger partial charge in [-0.3, -0.25) is 4.79 Å². The first-order valence-electron chi connectivity index (χ1n) is 6.21. The standard InChI is InChI=1S/C14H20O4S/c1-4-14(16,11(2)15)10-9-12-5-7-13(8-6-12)19(3,17)18/h5-8,16H,4,9-10H2,1-3H3. The van der Waals surface area contributed by atoms with Gasteiger partial charge in [-0.1, -0.05) is 19.1 Å². The first-order valence-corrected chi connectivity index (χ1v) is 8.10. The highest BCUT2D eigenvalue weighted by atomic mass is 32.2. The van der Waals surface area contributed by atoms with E-state index < -0.39 is 15.4 Å². The summed E-state index contributed by atoms with van der Waals surface area (Å²) < 4.78 is 22.6. The lowest BCUT2D eigenvalue weighted by Crippen LogP contribution is -2.36. The van der Waals surface area contributed by atoms with E-state index in [2.05, 4.69) is 0 Å². The number of rotatable bonds is 6. The number of sulfone groups is 1. The maximum absolute atomic E-state index is 11.4. The van der Waals surface area contributed by atoms with Crippen molar-refractivity contribution in [2.24, 2.45) is 0 Å². The largest absolute Gasteiger partial charge is 0.382 e. The van der Waals surface area contributed by atoms with Gasteiger partial charge in [0.1, 0.15) is 5.60 Å². The molecule has 0 aliphatic heterocycles. The van der Waals surface area contributed by atoms with Crippen molar-refractivity contribution in [3.05, 3.63) is 29.8 Å². The SMILES string of the molecule is CCC(O)(CCc1ccc(S(C)(=O)=O)cc1)C(C)=O. The van der Waals surface area contributed by atoms with Crippen LogP contribution in [-0.4, -0.2) is 31.2 Å². The molecule has 5 heteroatoms. The van der Waals surface area contributed by atoms with Crippen molar-refractivity contribution in [3.63, 3.8) is 0 Å². The first kappa shape index (κ1) is 15.9. The van der Waals surface area contributed by atoms with Gasteiger partial charge in [0.2, 0.25) is 0 Å². The summed E-state index contributed by atoms with van der Waals surface area (Å²) >= 11 is 0. The molecule has 106 valence electrons. The Morgan fingerprint density at radius 1 is 1.26 bits per heavy atom. The second kappa shape index (κ2) is 5.84. The predicted molar refractivity (Wildman–Crippen MR) is 73.8 cm³/mol. The maximum Gasteiger partial charge on any atom is 0.175 e. The average molecular weight is 284 g/mol. The van der Waals surface area contributed by atoms with Gasteiger partial charge in [0, 0.05) is 6.26 Å². The molecule has 0 saturated heterocycles. The van der Waals surface area contributed by atoms with Crippen molar-refractivity contribution < 1.29 is 18.3 Å². The van der Waals surface area contributed by atoms with Gasteiger partial charge in [0.15, 0.2) is 15.6 Å². The van der Waals surface area contributed by atoms with E-state index >= 15 is 0 Å². The van der Waals surface area contributed by atoms with Crippen LogP contribution < -0.4 is 0 Å². The highest BCUT2D eigenvalue weighted by molar-refractivity contribution is 7.90. The zero-order chi connectivity index (χ0) is 14.7. The molecule has 0 aliphatic rings. The normalized spacial score (nSPS) is 14.9. The Morgan fingerprint density at radius 2 is 1.79 bits per heavy atom. The Kier molecular flexibility index (Phi) is 4.87. The van der Waals surface area contributed by atoms with Gasteiger partial charge in [-0.2, -0.15) is 0 Å². The molecule has 0 saturated carbocycles. The Bertz CT molecular complexity index is 545. The molecule has 0 aromatic heterocycles. The third kappa shape index (κ3) is 4.14. The summed E-state index contributed by atoms with van der Waals surface area (Å²) in [5, 5.41) is 10.1. The van der Waals surface area contributed by atoms with Gasteiger partial charge in [0.25, 0.3) is 0 Å². The van der Waals surface area contributed by atoms with Gasteiger partial charge >= 0.3 is 0 Å². The van der Waals surface area contributed by atoms with E-state index in [4.69, 9.17) is 0 Å². The van der Waals surface area contributed by atoms with Crippen LogP contribution in [0.5, 0.6) is 0 Å². The van der Waals surface area contributed by atoms with Gasteiger partial charge in [-0.25, -0.2) is 8.42 Å². The van der Waals surface area contributed by atoms with Crippen molar-refractivity contribution in [1.29, 1.82) is 0 Å². The summed E-state index contributed by atoms with van der Waals surface area (Å²) in [6.45, 7) is 3.16. The van der Waals surface area contributed by atoms with Crippen molar-refractivity contribution in [2.75, 3.05) is 6.26 Å². The Balaban J connectivity index is 2.77. The molecular weight excluding hydrogens is 264 g/mol. The number of hydrogen-bond acceptors (Lipinski definition) is 4. The Labute approximate surface area is 114 Å². The molecule has 4 nitrogen and oxygen atoms in total. The fraction of sp³-hybridized carbons (Fsp3) is 0.500. The van der Waals surface area contributed by atoms with Gasteiger partial charge in [-0.05, 0) is 43.9 Å². The molecule has 0 heterocycles. The number of aliphatic hydroxyl groups is 1. The molecule has 1 aromatic carbocycles. The van der Waals surface area contributed by atoms with Crippen LogP contribution in [0.25, 0.3) is 0 Å². The second-order valence-corrected chi connectivity index (χ2v) is 6.87. The maximum atomic E-state index is 11.4. The van der Waals surface area contributed by atoms with E-state index in [1.165, 1.54) is 6.92 Å². The van der Waals surface area contributed by atoms with E-state index in [-0.39, 0.29) is 10.7 Å². The molecule has 0 radical (unpaired) electrons. The monoisotopic (exact) mass is 284 g/mol. The summed E-state index contributed by atoms with van der Waals surface area (Å²) in [5.41, 5.74) is -0.379. The Hall–Kier alpha value is -1.20. The smallest absolute Gasteiger partial charge is 0.175 e. The van der Waals surface area contributed by atoms with Crippen LogP contribution in [0.3, 0.4) is 0 Å². The number of benzene rings is 1. The summed E-state index contributed by atoms with van der Waals surface area (Å²) in [7, 11) is -3.18. The molecule has 1 N–H and O–H groups in total. The van der Waals surface area contributed by atoms with Gasteiger partial charge in [-0.15, -0.1) is 0 Å². The minimum absolute atomic E-state index is 0.234. The molecule has 19 heavy (non-hydrogen) atoms. The van der Waals surface area contributed by atoms with Crippen molar-refractivity contribution in [3.8, 4) is 0 Å². The van der Waals surface area contributed by atoms with Crippen molar-refractivity contribution in [2.45, 2.75) is 43.6 Å². The van der Waals surface area contributed by atoms with Gasteiger partial charge in [0.05, 0.1) is 4.90 Å². The van der Waals surface area contributed by atoms with Crippen LogP contribution in [0.1, 0.15) is 32.3 Å². The van der Waals surface area contributed by atoms with E-state index in [9.17, 15) is 18.3 Å². The zero-order valence-electron chi connectivity index (χ0n) is 11.5. The lowest BCUT2D eigenvalue weighted by Gasteiger charge is -2.23. The fourth-order valence-electron chi connectivity index (χ4n) is 1.86. The van der Waals surface area contributed by atoms with Crippen LogP contribution in [0.15, 0.2) is 29.2 Å². The van der Waals surface area contributed by atoms with E-state index in [1.807, 2.05) is 0 Å². The van der Waals surface area contributed by atoms with E-state index in [1.54, 1.807) is 31.2 Å². The highest BCUT2D eigenvalue weighted by Crippen LogP contribution is 2.20. The molecule has 0 spiro atoms. The van der Waals surface area contributed by atoms with Gasteiger partial charge < -0.3 is 5.11 Å². The number of Topliss-reactive ketones (excluding diaryl/α,β-unsaturated/α-hetero) is 1. The van der Waals surface area contributed by atoms with Crippen molar-refractivity contribution >= 4 is 15.6 Å². The summed E-state index contributed by atoms with van der Waals surface area (Å²) in [4.78, 5) is 11.6. The molecule has 1 aromatic rings. The molecule has 1 atom stereocenters. The second-order valence-electron chi connectivity index (χ2n) is 4.86. The predicted octanol–water partition coefficient (Wildman–Crippen LogP) is 1.75. The summed E-state index contributed by atoms with van der Waals surface area (Å²) in [6, 6.07) is 6.52. The summed E-state index contributed by atoms with van der Waals surface area (Å²) in [6.07, 6.45) is 2.42. The summed E-state index contributed by atoms with van der Waals surface area (Å²) in [5.74, 6) is -0.234. The minimum Gasteiger partial charge on any atom is -0.382 e. The minimum atomic E-state index is -3.18. The number of ketones is 1. The quantitative estimate of drug-likeness (QED) is 0.864. The molecule has 0 fully saturated rings. The van der Waals surface area contributed by atoms with E-state index in [0.717, 1.165) is 11.8 Å². The number of carbonyl (C=O) groups excluding carboxylic acids is 1. The third-order valence-corrected chi connectivity index (χ3v) is 4.55. The lowest BCUT2D eigenvalue weighted by atomic mass is 9.89. The molecular formula is C14H20O4S. The van der Waals surface area contributed by atoms with Crippen LogP contribution in [0.4, 0.5) is 0 Å². The molecule has 1 rings (SSSR count). The molecule has 0 bridgehead atoms. The Morgan fingerprint density at radius 3 is 2.16 bits per heavy atom. The number of aryl methyl sites for hydroxylation is 1. The van der Waals surface area contributed by atoms with E-state index in [0.29, 0.717) is 19.3 Å². The number of carbonyl (C=O) groups is 1. The molecule has 0 aliphatic carbocycles. The molecule has 1 unspecified atom stereocenters. The topological polar surface area (TPSA) is 71.4 Å². The number of hydrogen-bond donors (Lipinski definition) is 1. The highest BCUT2D eigenvalue weighted by Gasteiger charge is 2.29. The fourth-order valence-corrected chi connectivity index (χ4v) is 2.49. The van der Waals surface area contributed by atoms with Crippen molar-refractivity contribution in [1.82, 2.24) is 0 Å². The zero-order valence-corrected chi connectivity index (χ0v) is 12.3. The average Bonchev–Trinajstić information content (AvgIpc) is 2.35. The molecule has 0 amide bonds. The van der Waals surface area contributed by atoms with Crippen LogP contribution in [0, 0.1) is 0 Å². The third-order valence-electron chi connectivity index (χ3n) is 3.42. The van der Waals surface area contributed by atoms with Crippen LogP contribution >= 0.6 is 0 Å². The first-order chi connectivity index (χ1) is 8.69.